The molecule has 3 aromatic carbocycles. The zero-order valence-electron chi connectivity index (χ0n) is 23.4. The van der Waals surface area contributed by atoms with Crippen LogP contribution in [0.5, 0.6) is 0 Å². The van der Waals surface area contributed by atoms with Crippen LogP contribution in [0, 0.1) is 5.41 Å². The predicted octanol–water partition coefficient (Wildman–Crippen LogP) is 6.44. The summed E-state index contributed by atoms with van der Waals surface area (Å²) in [6, 6.07) is 22.1. The number of aliphatic hydroxyl groups is 1. The third kappa shape index (κ3) is 6.20. The number of ketones is 1. The minimum absolute atomic E-state index is 0.00706. The quantitative estimate of drug-likeness (QED) is 0.229. The van der Waals surface area contributed by atoms with E-state index >= 15 is 0 Å². The van der Waals surface area contributed by atoms with E-state index in [1.165, 1.54) is 0 Å². The molecule has 0 saturated carbocycles. The number of rotatable bonds is 9. The van der Waals surface area contributed by atoms with E-state index < -0.39 is 0 Å². The molecule has 1 aromatic heterocycles. The molecule has 5 rings (SSSR count). The zero-order chi connectivity index (χ0) is 28.3. The van der Waals surface area contributed by atoms with Crippen molar-refractivity contribution in [2.75, 3.05) is 24.4 Å². The minimum Gasteiger partial charge on any atom is -0.392 e. The number of carbonyl (C=O) groups excluding carboxylic acids is 1. The number of nitrogens with zero attached hydrogens (tertiary/aromatic N) is 4. The van der Waals surface area contributed by atoms with Gasteiger partial charge in [-0.3, -0.25) is 9.80 Å². The minimum atomic E-state index is -0.0949. The van der Waals surface area contributed by atoms with Gasteiger partial charge in [0.2, 0.25) is 5.95 Å². The molecule has 0 unspecified atom stereocenters. The van der Waals surface area contributed by atoms with Crippen LogP contribution in [0.3, 0.4) is 0 Å². The van der Waals surface area contributed by atoms with Gasteiger partial charge in [0.1, 0.15) is 0 Å². The number of anilines is 2. The standard InChI is InChI=1S/C32H35N5O2S/c1-32(2)17-24(16-25(39)18-32)37(36(3)4)28-13-9-12-27-26(28)20-34-31(35-27)33-19-22-10-5-7-14-29(22)40-30-15-8-6-11-23(30)21-38/h5-16,20,38H,17-19,21H2,1-4H3,(H,33,34,35). The Hall–Kier alpha value is -3.72. The summed E-state index contributed by atoms with van der Waals surface area (Å²) in [7, 11) is 3.97. The molecule has 7 nitrogen and oxygen atoms in total. The summed E-state index contributed by atoms with van der Waals surface area (Å²) in [6.45, 7) is 4.84. The topological polar surface area (TPSA) is 81.6 Å². The molecule has 1 heterocycles. The van der Waals surface area contributed by atoms with Crippen molar-refractivity contribution in [1.82, 2.24) is 15.0 Å². The second kappa shape index (κ2) is 11.8. The maximum atomic E-state index is 12.5. The van der Waals surface area contributed by atoms with Crippen molar-refractivity contribution in [2.24, 2.45) is 5.41 Å². The van der Waals surface area contributed by atoms with E-state index in [0.29, 0.717) is 18.9 Å². The number of carbonyl (C=O) groups is 1. The monoisotopic (exact) mass is 553 g/mol. The lowest BCUT2D eigenvalue weighted by molar-refractivity contribution is -0.117. The van der Waals surface area contributed by atoms with E-state index in [4.69, 9.17) is 4.98 Å². The van der Waals surface area contributed by atoms with Crippen molar-refractivity contribution in [2.45, 2.75) is 49.6 Å². The van der Waals surface area contributed by atoms with Crippen LogP contribution in [0.25, 0.3) is 10.9 Å². The maximum absolute atomic E-state index is 12.5. The molecule has 206 valence electrons. The highest BCUT2D eigenvalue weighted by molar-refractivity contribution is 7.99. The second-order valence-corrected chi connectivity index (χ2v) is 12.1. The molecular weight excluding hydrogens is 518 g/mol. The molecule has 0 atom stereocenters. The van der Waals surface area contributed by atoms with E-state index in [9.17, 15) is 9.90 Å². The van der Waals surface area contributed by atoms with Gasteiger partial charge in [0.25, 0.3) is 0 Å². The highest BCUT2D eigenvalue weighted by atomic mass is 32.2. The van der Waals surface area contributed by atoms with Crippen molar-refractivity contribution in [3.05, 3.63) is 95.8 Å². The van der Waals surface area contributed by atoms with Gasteiger partial charge in [-0.25, -0.2) is 15.0 Å². The van der Waals surface area contributed by atoms with Crippen LogP contribution >= 0.6 is 11.8 Å². The third-order valence-corrected chi connectivity index (χ3v) is 8.15. The summed E-state index contributed by atoms with van der Waals surface area (Å²) in [5.41, 5.74) is 4.67. The number of nitrogens with one attached hydrogen (secondary N) is 1. The Morgan fingerprint density at radius 3 is 2.35 bits per heavy atom. The molecule has 40 heavy (non-hydrogen) atoms. The van der Waals surface area contributed by atoms with Gasteiger partial charge in [-0.2, -0.15) is 0 Å². The highest BCUT2D eigenvalue weighted by Crippen LogP contribution is 2.39. The number of hydrogen-bond acceptors (Lipinski definition) is 8. The SMILES string of the molecule is CN(C)N(C1=CC(=O)CC(C)(C)C1)c1cccc2nc(NCc3ccccc3Sc3ccccc3CO)ncc12. The molecule has 0 radical (unpaired) electrons. The van der Waals surface area contributed by atoms with Gasteiger partial charge >= 0.3 is 0 Å². The van der Waals surface area contributed by atoms with E-state index in [0.717, 1.165) is 49.6 Å². The van der Waals surface area contributed by atoms with Crippen LogP contribution in [-0.2, 0) is 17.9 Å². The van der Waals surface area contributed by atoms with E-state index in [1.54, 1.807) is 17.8 Å². The van der Waals surface area contributed by atoms with Crippen molar-refractivity contribution in [3.63, 3.8) is 0 Å². The van der Waals surface area contributed by atoms with Gasteiger partial charge in [-0.1, -0.05) is 68.1 Å². The van der Waals surface area contributed by atoms with Crippen molar-refractivity contribution in [1.29, 1.82) is 0 Å². The van der Waals surface area contributed by atoms with E-state index in [1.807, 2.05) is 79.9 Å². The fraction of sp³-hybridized carbons (Fsp3) is 0.281. The van der Waals surface area contributed by atoms with E-state index in [-0.39, 0.29) is 17.8 Å². The van der Waals surface area contributed by atoms with Gasteiger partial charge in [0.05, 0.1) is 17.8 Å². The number of allylic oxidation sites excluding steroid dienone is 2. The average Bonchev–Trinajstić information content (AvgIpc) is 2.91. The van der Waals surface area contributed by atoms with Gasteiger partial charge in [0, 0.05) is 60.2 Å². The predicted molar refractivity (Wildman–Crippen MR) is 162 cm³/mol. The Bertz CT molecular complexity index is 1570. The first-order valence-electron chi connectivity index (χ1n) is 13.4. The molecule has 0 aliphatic heterocycles. The number of aliphatic hydroxyl groups excluding tert-OH is 1. The van der Waals surface area contributed by atoms with Crippen LogP contribution in [-0.4, -0.2) is 40.0 Å². The maximum Gasteiger partial charge on any atom is 0.223 e. The highest BCUT2D eigenvalue weighted by Gasteiger charge is 2.31. The Morgan fingerprint density at radius 2 is 1.65 bits per heavy atom. The van der Waals surface area contributed by atoms with Crippen molar-refractivity contribution in [3.8, 4) is 0 Å². The smallest absolute Gasteiger partial charge is 0.223 e. The fourth-order valence-corrected chi connectivity index (χ4v) is 6.23. The molecule has 8 heteroatoms. The Kier molecular flexibility index (Phi) is 8.21. The van der Waals surface area contributed by atoms with E-state index in [2.05, 4.69) is 41.3 Å². The largest absolute Gasteiger partial charge is 0.392 e. The van der Waals surface area contributed by atoms with Crippen LogP contribution in [0.2, 0.25) is 0 Å². The number of fused-ring (bicyclic) bond motifs is 1. The lowest BCUT2D eigenvalue weighted by Crippen LogP contribution is -2.40. The zero-order valence-corrected chi connectivity index (χ0v) is 24.2. The Balaban J connectivity index is 1.39. The van der Waals surface area contributed by atoms with Gasteiger partial charge in [0.15, 0.2) is 5.78 Å². The number of benzene rings is 3. The van der Waals surface area contributed by atoms with Crippen LogP contribution in [0.15, 0.2) is 94.5 Å². The lowest BCUT2D eigenvalue weighted by Gasteiger charge is -2.39. The Morgan fingerprint density at radius 1 is 0.950 bits per heavy atom. The molecular formula is C32H35N5O2S. The summed E-state index contributed by atoms with van der Waals surface area (Å²) in [5.74, 6) is 0.698. The molecule has 0 spiro atoms. The average molecular weight is 554 g/mol. The summed E-state index contributed by atoms with van der Waals surface area (Å²) in [5, 5.41) is 18.1. The second-order valence-electron chi connectivity index (χ2n) is 11.0. The van der Waals surface area contributed by atoms with Crippen LogP contribution < -0.4 is 10.3 Å². The fourth-order valence-electron chi connectivity index (χ4n) is 5.16. The number of aromatic nitrogens is 2. The summed E-state index contributed by atoms with van der Waals surface area (Å²) in [4.78, 5) is 24.2. The van der Waals surface area contributed by atoms with Crippen LogP contribution in [0.1, 0.15) is 37.8 Å². The molecule has 1 aliphatic rings. The summed E-state index contributed by atoms with van der Waals surface area (Å²) >= 11 is 1.64. The van der Waals surface area contributed by atoms with Crippen LogP contribution in [0.4, 0.5) is 11.6 Å². The summed E-state index contributed by atoms with van der Waals surface area (Å²) < 4.78 is 0. The first-order chi connectivity index (χ1) is 19.2. The molecule has 0 bridgehead atoms. The normalized spacial score (nSPS) is 14.8. The molecule has 0 amide bonds. The van der Waals surface area contributed by atoms with Gasteiger partial charge in [-0.15, -0.1) is 0 Å². The molecule has 0 saturated heterocycles. The lowest BCUT2D eigenvalue weighted by atomic mass is 9.78. The number of hydrogen-bond donors (Lipinski definition) is 2. The van der Waals surface area contributed by atoms with Gasteiger partial charge < -0.3 is 10.4 Å². The molecule has 0 fully saturated rings. The summed E-state index contributed by atoms with van der Waals surface area (Å²) in [6.07, 6.45) is 4.98. The Labute approximate surface area is 239 Å². The van der Waals surface area contributed by atoms with Crippen molar-refractivity contribution < 1.29 is 9.90 Å². The third-order valence-electron chi connectivity index (χ3n) is 6.92. The van der Waals surface area contributed by atoms with Gasteiger partial charge in [-0.05, 0) is 47.2 Å². The van der Waals surface area contributed by atoms with Crippen molar-refractivity contribution >= 4 is 40.1 Å². The molecule has 4 aromatic rings. The first-order valence-corrected chi connectivity index (χ1v) is 14.2. The number of hydrazine groups is 1. The molecule has 1 aliphatic carbocycles. The molecule has 2 N–H and O–H groups in total. The first kappa shape index (κ1) is 27.8.